The highest BCUT2D eigenvalue weighted by Crippen LogP contribution is 2.38. The SMILES string of the molecule is O=C1c2ccccc2C(=O)c2cc(-c3ccccc3)c(-c3ccccc3)cc21. The molecule has 28 heavy (non-hydrogen) atoms. The molecule has 4 aromatic carbocycles. The number of ketones is 2. The Morgan fingerprint density at radius 3 is 1.11 bits per heavy atom. The molecular weight excluding hydrogens is 344 g/mol. The number of carbonyl (C=O) groups excluding carboxylic acids is 2. The standard InChI is InChI=1S/C26H16O2/c27-25-19-13-7-8-14-20(19)26(28)24-16-22(18-11-5-2-6-12-18)21(15-23(24)25)17-9-3-1-4-10-17/h1-16H. The highest BCUT2D eigenvalue weighted by atomic mass is 16.1. The lowest BCUT2D eigenvalue weighted by Gasteiger charge is -2.21. The van der Waals surface area contributed by atoms with Gasteiger partial charge in [-0.25, -0.2) is 0 Å². The number of hydrogen-bond acceptors (Lipinski definition) is 2. The van der Waals surface area contributed by atoms with Crippen LogP contribution in [0.1, 0.15) is 31.8 Å². The van der Waals surface area contributed by atoms with E-state index in [0.29, 0.717) is 22.3 Å². The third-order valence-corrected chi connectivity index (χ3v) is 5.23. The van der Waals surface area contributed by atoms with Crippen LogP contribution in [0.5, 0.6) is 0 Å². The fourth-order valence-electron chi connectivity index (χ4n) is 3.86. The molecule has 1 aliphatic rings. The number of fused-ring (bicyclic) bond motifs is 2. The third-order valence-electron chi connectivity index (χ3n) is 5.23. The Labute approximate surface area is 163 Å². The summed E-state index contributed by atoms with van der Waals surface area (Å²) < 4.78 is 0. The lowest BCUT2D eigenvalue weighted by molar-refractivity contribution is 0.0979. The molecule has 4 aromatic rings. The summed E-state index contributed by atoms with van der Waals surface area (Å²) in [6.45, 7) is 0. The minimum atomic E-state index is -0.0954. The van der Waals surface area contributed by atoms with Crippen molar-refractivity contribution in [3.05, 3.63) is 119 Å². The maximum absolute atomic E-state index is 13.1. The first-order valence-corrected chi connectivity index (χ1v) is 9.21. The minimum absolute atomic E-state index is 0.0954. The normalized spacial score (nSPS) is 12.4. The van der Waals surface area contributed by atoms with E-state index >= 15 is 0 Å². The van der Waals surface area contributed by atoms with E-state index in [1.54, 1.807) is 24.3 Å². The first kappa shape index (κ1) is 16.4. The Hall–Kier alpha value is -3.78. The van der Waals surface area contributed by atoms with Crippen LogP contribution in [-0.2, 0) is 0 Å². The van der Waals surface area contributed by atoms with Crippen molar-refractivity contribution < 1.29 is 9.59 Å². The first-order valence-electron chi connectivity index (χ1n) is 9.21. The lowest BCUT2D eigenvalue weighted by Crippen LogP contribution is -2.21. The number of rotatable bonds is 2. The maximum atomic E-state index is 13.1. The second-order valence-corrected chi connectivity index (χ2v) is 6.88. The zero-order valence-electron chi connectivity index (χ0n) is 15.1. The van der Waals surface area contributed by atoms with Crippen LogP contribution in [0.3, 0.4) is 0 Å². The number of hydrogen-bond donors (Lipinski definition) is 0. The maximum Gasteiger partial charge on any atom is 0.194 e. The van der Waals surface area contributed by atoms with Gasteiger partial charge in [0.15, 0.2) is 11.6 Å². The van der Waals surface area contributed by atoms with Gasteiger partial charge in [0.05, 0.1) is 0 Å². The van der Waals surface area contributed by atoms with Crippen LogP contribution < -0.4 is 0 Å². The van der Waals surface area contributed by atoms with Gasteiger partial charge in [-0.15, -0.1) is 0 Å². The minimum Gasteiger partial charge on any atom is -0.289 e. The fraction of sp³-hybridized carbons (Fsp3) is 0. The average Bonchev–Trinajstić information content (AvgIpc) is 2.78. The Balaban J connectivity index is 1.82. The molecule has 5 rings (SSSR count). The molecule has 0 amide bonds. The summed E-state index contributed by atoms with van der Waals surface area (Å²) in [5.74, 6) is -0.191. The highest BCUT2D eigenvalue weighted by molar-refractivity contribution is 6.29. The lowest BCUT2D eigenvalue weighted by atomic mass is 9.80. The molecule has 0 saturated heterocycles. The van der Waals surface area contributed by atoms with Crippen molar-refractivity contribution in [2.75, 3.05) is 0 Å². The molecule has 0 heterocycles. The van der Waals surface area contributed by atoms with Crippen molar-refractivity contribution in [1.82, 2.24) is 0 Å². The molecule has 132 valence electrons. The van der Waals surface area contributed by atoms with Gasteiger partial charge in [0.25, 0.3) is 0 Å². The monoisotopic (exact) mass is 360 g/mol. The zero-order chi connectivity index (χ0) is 19.1. The molecule has 0 atom stereocenters. The molecule has 0 bridgehead atoms. The summed E-state index contributed by atoms with van der Waals surface area (Å²) in [5.41, 5.74) is 5.84. The molecule has 0 radical (unpaired) electrons. The Morgan fingerprint density at radius 1 is 0.357 bits per heavy atom. The Kier molecular flexibility index (Phi) is 3.77. The van der Waals surface area contributed by atoms with Crippen LogP contribution in [-0.4, -0.2) is 11.6 Å². The molecule has 0 unspecified atom stereocenters. The van der Waals surface area contributed by atoms with Crippen molar-refractivity contribution in [3.8, 4) is 22.3 Å². The Morgan fingerprint density at radius 2 is 0.714 bits per heavy atom. The summed E-state index contributed by atoms with van der Waals surface area (Å²) in [6, 6.07) is 30.8. The van der Waals surface area contributed by atoms with Gasteiger partial charge in [0.1, 0.15) is 0 Å². The van der Waals surface area contributed by atoms with Crippen LogP contribution in [0.4, 0.5) is 0 Å². The van der Waals surface area contributed by atoms with E-state index in [1.807, 2.05) is 72.8 Å². The molecule has 2 heteroatoms. The van der Waals surface area contributed by atoms with Gasteiger partial charge < -0.3 is 0 Å². The quantitative estimate of drug-likeness (QED) is 0.399. The van der Waals surface area contributed by atoms with Crippen molar-refractivity contribution in [3.63, 3.8) is 0 Å². The van der Waals surface area contributed by atoms with Crippen LogP contribution in [0.2, 0.25) is 0 Å². The summed E-state index contributed by atoms with van der Waals surface area (Å²) in [6.07, 6.45) is 0. The zero-order valence-corrected chi connectivity index (χ0v) is 15.1. The van der Waals surface area contributed by atoms with Crippen LogP contribution >= 0.6 is 0 Å². The largest absolute Gasteiger partial charge is 0.289 e. The molecule has 0 N–H and O–H groups in total. The predicted octanol–water partition coefficient (Wildman–Crippen LogP) is 5.80. The highest BCUT2D eigenvalue weighted by Gasteiger charge is 2.30. The molecule has 2 nitrogen and oxygen atoms in total. The first-order chi connectivity index (χ1) is 13.7. The fourth-order valence-corrected chi connectivity index (χ4v) is 3.86. The van der Waals surface area contributed by atoms with E-state index in [4.69, 9.17) is 0 Å². The molecule has 0 aromatic heterocycles. The summed E-state index contributed by atoms with van der Waals surface area (Å²) >= 11 is 0. The van der Waals surface area contributed by atoms with E-state index in [2.05, 4.69) is 0 Å². The smallest absolute Gasteiger partial charge is 0.194 e. The van der Waals surface area contributed by atoms with E-state index in [0.717, 1.165) is 22.3 Å². The van der Waals surface area contributed by atoms with Crippen molar-refractivity contribution in [2.45, 2.75) is 0 Å². The molecule has 0 aliphatic heterocycles. The molecule has 0 spiro atoms. The van der Waals surface area contributed by atoms with Gasteiger partial charge in [0.2, 0.25) is 0 Å². The van der Waals surface area contributed by atoms with Gasteiger partial charge in [-0.1, -0.05) is 84.9 Å². The topological polar surface area (TPSA) is 34.1 Å². The van der Waals surface area contributed by atoms with Crippen LogP contribution in [0, 0.1) is 0 Å². The van der Waals surface area contributed by atoms with Crippen molar-refractivity contribution >= 4 is 11.6 Å². The summed E-state index contributed by atoms with van der Waals surface area (Å²) in [5, 5.41) is 0. The summed E-state index contributed by atoms with van der Waals surface area (Å²) in [7, 11) is 0. The van der Waals surface area contributed by atoms with Gasteiger partial charge in [0, 0.05) is 22.3 Å². The molecular formula is C26H16O2. The van der Waals surface area contributed by atoms with E-state index in [9.17, 15) is 9.59 Å². The predicted molar refractivity (Wildman–Crippen MR) is 111 cm³/mol. The van der Waals surface area contributed by atoms with Gasteiger partial charge >= 0.3 is 0 Å². The number of carbonyl (C=O) groups is 2. The van der Waals surface area contributed by atoms with E-state index in [-0.39, 0.29) is 11.6 Å². The van der Waals surface area contributed by atoms with E-state index < -0.39 is 0 Å². The summed E-state index contributed by atoms with van der Waals surface area (Å²) in [4.78, 5) is 26.3. The van der Waals surface area contributed by atoms with Crippen molar-refractivity contribution in [2.24, 2.45) is 0 Å². The molecule has 0 fully saturated rings. The van der Waals surface area contributed by atoms with Gasteiger partial charge in [-0.05, 0) is 34.4 Å². The van der Waals surface area contributed by atoms with Gasteiger partial charge in [-0.3, -0.25) is 9.59 Å². The number of benzene rings is 4. The average molecular weight is 360 g/mol. The molecule has 1 aliphatic carbocycles. The second kappa shape index (κ2) is 6.43. The van der Waals surface area contributed by atoms with Crippen LogP contribution in [0.15, 0.2) is 97.1 Å². The molecule has 0 saturated carbocycles. The Bertz CT molecular complexity index is 1120. The van der Waals surface area contributed by atoms with Crippen LogP contribution in [0.25, 0.3) is 22.3 Å². The second-order valence-electron chi connectivity index (χ2n) is 6.88. The van der Waals surface area contributed by atoms with Gasteiger partial charge in [-0.2, -0.15) is 0 Å². The third kappa shape index (κ3) is 2.50. The van der Waals surface area contributed by atoms with E-state index in [1.165, 1.54) is 0 Å². The van der Waals surface area contributed by atoms with Crippen molar-refractivity contribution in [1.29, 1.82) is 0 Å².